The zero-order valence-corrected chi connectivity index (χ0v) is 20.0. The molecule has 0 unspecified atom stereocenters. The van der Waals surface area contributed by atoms with Crippen molar-refractivity contribution in [3.05, 3.63) is 47.8 Å². The number of hydrogen-bond acceptors (Lipinski definition) is 10. The second-order valence-electron chi connectivity index (χ2n) is 8.92. The summed E-state index contributed by atoms with van der Waals surface area (Å²) in [5, 5.41) is 13.2. The van der Waals surface area contributed by atoms with Crippen molar-refractivity contribution in [3.8, 4) is 11.6 Å². The molecule has 11 nitrogen and oxygen atoms in total. The Balaban J connectivity index is 1.29. The van der Waals surface area contributed by atoms with Crippen molar-refractivity contribution in [2.75, 3.05) is 35.3 Å². The maximum Gasteiger partial charge on any atom is 0.451 e. The van der Waals surface area contributed by atoms with E-state index in [0.29, 0.717) is 37.0 Å². The number of carbonyl (C=O) groups excluding carboxylic acids is 1. The Bertz CT molecular complexity index is 1320. The first-order valence-corrected chi connectivity index (χ1v) is 11.4. The Hall–Kier alpha value is -4.07. The summed E-state index contributed by atoms with van der Waals surface area (Å²) in [7, 11) is 1.73. The van der Waals surface area contributed by atoms with E-state index in [-0.39, 0.29) is 24.1 Å². The van der Waals surface area contributed by atoms with Gasteiger partial charge in [-0.05, 0) is 25.3 Å². The van der Waals surface area contributed by atoms with Gasteiger partial charge in [0.1, 0.15) is 11.2 Å². The summed E-state index contributed by atoms with van der Waals surface area (Å²) in [4.78, 5) is 36.3. The Morgan fingerprint density at radius 3 is 2.57 bits per heavy atom. The Kier molecular flexibility index (Phi) is 6.06. The molecule has 2 aliphatic heterocycles. The molecule has 5 heterocycles. The van der Waals surface area contributed by atoms with E-state index in [4.69, 9.17) is 4.74 Å². The Morgan fingerprint density at radius 2 is 1.92 bits per heavy atom. The molecular formula is C23H23F3N8O3. The first-order chi connectivity index (χ1) is 17.6. The molecule has 3 aromatic heterocycles. The average Bonchev–Trinajstić information content (AvgIpc) is 2.89. The smallest absolute Gasteiger partial charge is 0.436 e. The lowest BCUT2D eigenvalue weighted by atomic mass is 9.93. The molecular weight excluding hydrogens is 493 g/mol. The number of alkyl halides is 3. The molecule has 14 heteroatoms. The molecule has 5 rings (SSSR count). The third kappa shape index (κ3) is 4.48. The van der Waals surface area contributed by atoms with Crippen molar-refractivity contribution in [2.24, 2.45) is 0 Å². The highest BCUT2D eigenvalue weighted by Crippen LogP contribution is 2.43. The van der Waals surface area contributed by atoms with Gasteiger partial charge in [-0.3, -0.25) is 4.79 Å². The van der Waals surface area contributed by atoms with Gasteiger partial charge in [-0.1, -0.05) is 6.07 Å². The number of pyridine rings is 1. The van der Waals surface area contributed by atoms with Crippen molar-refractivity contribution < 1.29 is 27.8 Å². The minimum Gasteiger partial charge on any atom is -0.436 e. The summed E-state index contributed by atoms with van der Waals surface area (Å²) < 4.78 is 43.2. The van der Waals surface area contributed by atoms with E-state index < -0.39 is 17.5 Å². The fraction of sp³-hybridized carbons (Fsp3) is 0.391. The number of aliphatic hydroxyl groups excluding tert-OH is 1. The molecule has 2 aliphatic rings. The summed E-state index contributed by atoms with van der Waals surface area (Å²) in [6.07, 6.45) is 0.241. The minimum atomic E-state index is -4.63. The van der Waals surface area contributed by atoms with Crippen LogP contribution in [0.2, 0.25) is 0 Å². The predicted octanol–water partition coefficient (Wildman–Crippen LogP) is 2.56. The number of aliphatic hydroxyl groups is 1. The molecule has 0 spiro atoms. The standard InChI is InChI=1S/C23H23F3N8O3/c1-22(12-35)20(36)34-7-3-4-15-17(34)18(33(22)2)32-21(31-15)30-9-13-5-6-16(27-8-13)37-14-10-28-19(29-11-14)23(24,25)26/h5-6,8,10-11,35H,3-4,7,9,12H2,1-2H3,(H,30,31,32)/t22-/m0/s1. The third-order valence-corrected chi connectivity index (χ3v) is 6.43. The molecule has 1 atom stereocenters. The lowest BCUT2D eigenvalue weighted by Crippen LogP contribution is -2.64. The van der Waals surface area contributed by atoms with Gasteiger partial charge >= 0.3 is 6.18 Å². The van der Waals surface area contributed by atoms with Crippen LogP contribution >= 0.6 is 0 Å². The summed E-state index contributed by atoms with van der Waals surface area (Å²) >= 11 is 0. The number of amides is 1. The van der Waals surface area contributed by atoms with Gasteiger partial charge < -0.3 is 25.0 Å². The molecule has 0 bridgehead atoms. The van der Waals surface area contributed by atoms with Crippen LogP contribution in [0.1, 0.15) is 30.4 Å². The molecule has 37 heavy (non-hydrogen) atoms. The largest absolute Gasteiger partial charge is 0.451 e. The highest BCUT2D eigenvalue weighted by Gasteiger charge is 2.48. The lowest BCUT2D eigenvalue weighted by Gasteiger charge is -2.47. The molecule has 0 saturated carbocycles. The number of hydrogen-bond donors (Lipinski definition) is 2. The number of halogens is 3. The summed E-state index contributed by atoms with van der Waals surface area (Å²) in [5.41, 5.74) is 1.10. The van der Waals surface area contributed by atoms with Crippen molar-refractivity contribution in [1.29, 1.82) is 0 Å². The van der Waals surface area contributed by atoms with Gasteiger partial charge in [0.2, 0.25) is 17.7 Å². The van der Waals surface area contributed by atoms with Gasteiger partial charge in [0.25, 0.3) is 5.91 Å². The van der Waals surface area contributed by atoms with Gasteiger partial charge in [0, 0.05) is 32.4 Å². The molecule has 0 fully saturated rings. The summed E-state index contributed by atoms with van der Waals surface area (Å²) in [5.74, 6) is -0.292. The van der Waals surface area contributed by atoms with Crippen LogP contribution in [0, 0.1) is 0 Å². The maximum atomic E-state index is 13.0. The van der Waals surface area contributed by atoms with Crippen LogP contribution in [-0.2, 0) is 23.9 Å². The van der Waals surface area contributed by atoms with E-state index in [1.807, 2.05) is 0 Å². The summed E-state index contributed by atoms with van der Waals surface area (Å²) in [6, 6.07) is 3.30. The van der Waals surface area contributed by atoms with E-state index in [0.717, 1.165) is 30.1 Å². The first-order valence-electron chi connectivity index (χ1n) is 11.4. The zero-order valence-electron chi connectivity index (χ0n) is 20.0. The molecule has 0 radical (unpaired) electrons. The molecule has 194 valence electrons. The van der Waals surface area contributed by atoms with Gasteiger partial charge in [-0.25, -0.2) is 19.9 Å². The lowest BCUT2D eigenvalue weighted by molar-refractivity contribution is -0.145. The fourth-order valence-electron chi connectivity index (χ4n) is 4.21. The number of rotatable bonds is 6. The number of likely N-dealkylation sites (N-methyl/N-ethyl adjacent to an activating group) is 1. The maximum absolute atomic E-state index is 13.0. The number of nitrogens with one attached hydrogen (secondary N) is 1. The second-order valence-corrected chi connectivity index (χ2v) is 8.92. The molecule has 1 amide bonds. The summed E-state index contributed by atoms with van der Waals surface area (Å²) in [6.45, 7) is 2.22. The normalized spacial score (nSPS) is 19.0. The van der Waals surface area contributed by atoms with Gasteiger partial charge in [-0.15, -0.1) is 0 Å². The van der Waals surface area contributed by atoms with E-state index in [1.54, 1.807) is 42.1 Å². The third-order valence-electron chi connectivity index (χ3n) is 6.43. The topological polar surface area (TPSA) is 129 Å². The molecule has 2 N–H and O–H groups in total. The van der Waals surface area contributed by atoms with Crippen molar-refractivity contribution in [2.45, 2.75) is 38.0 Å². The molecule has 0 aromatic carbocycles. The zero-order chi connectivity index (χ0) is 26.4. The highest BCUT2D eigenvalue weighted by molar-refractivity contribution is 6.08. The van der Waals surface area contributed by atoms with Crippen LogP contribution < -0.4 is 19.9 Å². The number of carbonyl (C=O) groups is 1. The molecule has 3 aromatic rings. The molecule has 0 saturated heterocycles. The van der Waals surface area contributed by atoms with E-state index >= 15 is 0 Å². The van der Waals surface area contributed by atoms with Crippen molar-refractivity contribution in [3.63, 3.8) is 0 Å². The number of aryl methyl sites for hydroxylation is 1. The average molecular weight is 516 g/mol. The number of ether oxygens (including phenoxy) is 1. The Labute approximate surface area is 209 Å². The first kappa shape index (κ1) is 24.6. The minimum absolute atomic E-state index is 0.0225. The monoisotopic (exact) mass is 516 g/mol. The number of anilines is 3. The van der Waals surface area contributed by atoms with Crippen molar-refractivity contribution in [1.82, 2.24) is 24.9 Å². The van der Waals surface area contributed by atoms with Gasteiger partial charge in [-0.2, -0.15) is 18.2 Å². The van der Waals surface area contributed by atoms with Gasteiger partial charge in [0.15, 0.2) is 11.6 Å². The van der Waals surface area contributed by atoms with Crippen LogP contribution in [-0.4, -0.2) is 61.7 Å². The SMILES string of the molecule is CN1c2nc(NCc3ccc(Oc4cnc(C(F)(F)F)nc4)nc3)nc3c2N(CCC3)C(=O)[C@]1(C)CO. The van der Waals surface area contributed by atoms with Crippen LogP contribution in [0.3, 0.4) is 0 Å². The van der Waals surface area contributed by atoms with Crippen LogP contribution in [0.4, 0.5) is 30.6 Å². The number of aromatic nitrogens is 5. The highest BCUT2D eigenvalue weighted by atomic mass is 19.4. The quantitative estimate of drug-likeness (QED) is 0.504. The van der Waals surface area contributed by atoms with Crippen LogP contribution in [0.15, 0.2) is 30.7 Å². The fourth-order valence-corrected chi connectivity index (χ4v) is 4.21. The van der Waals surface area contributed by atoms with E-state index in [2.05, 4.69) is 30.2 Å². The second kappa shape index (κ2) is 9.10. The van der Waals surface area contributed by atoms with Crippen molar-refractivity contribution >= 4 is 23.4 Å². The van der Waals surface area contributed by atoms with Crippen LogP contribution in [0.25, 0.3) is 0 Å². The van der Waals surface area contributed by atoms with E-state index in [1.165, 1.54) is 0 Å². The Morgan fingerprint density at radius 1 is 1.16 bits per heavy atom. The van der Waals surface area contributed by atoms with Crippen LogP contribution in [0.5, 0.6) is 11.6 Å². The van der Waals surface area contributed by atoms with E-state index in [9.17, 15) is 23.1 Å². The molecule has 0 aliphatic carbocycles. The van der Waals surface area contributed by atoms with Gasteiger partial charge in [0.05, 0.1) is 24.7 Å². The predicted molar refractivity (Wildman–Crippen MR) is 125 cm³/mol. The number of nitrogens with zero attached hydrogens (tertiary/aromatic N) is 7.